The summed E-state index contributed by atoms with van der Waals surface area (Å²) >= 11 is 0. The van der Waals surface area contributed by atoms with E-state index in [-0.39, 0.29) is 0 Å². The van der Waals surface area contributed by atoms with E-state index in [1.54, 1.807) is 19.4 Å². The Morgan fingerprint density at radius 2 is 1.87 bits per heavy atom. The summed E-state index contributed by atoms with van der Waals surface area (Å²) in [6, 6.07) is 11.6. The topological polar surface area (TPSA) is 48.1 Å². The van der Waals surface area contributed by atoms with Crippen LogP contribution >= 0.6 is 0 Å². The Balaban J connectivity index is 2.61. The Bertz CT molecular complexity index is 454. The summed E-state index contributed by atoms with van der Waals surface area (Å²) in [5, 5.41) is 0. The second-order valence-electron chi connectivity index (χ2n) is 3.14. The Kier molecular flexibility index (Phi) is 2.54. The molecule has 15 heavy (non-hydrogen) atoms. The van der Waals surface area contributed by atoms with Crippen molar-refractivity contribution in [2.75, 3.05) is 12.8 Å². The van der Waals surface area contributed by atoms with Crippen LogP contribution in [-0.2, 0) is 0 Å². The summed E-state index contributed by atoms with van der Waals surface area (Å²) in [7, 11) is 1.63. The van der Waals surface area contributed by atoms with E-state index in [1.807, 2.05) is 30.3 Å². The first kappa shape index (κ1) is 9.52. The molecule has 0 saturated carbocycles. The van der Waals surface area contributed by atoms with Crippen molar-refractivity contribution in [1.29, 1.82) is 0 Å². The molecule has 0 aliphatic heterocycles. The van der Waals surface area contributed by atoms with Crippen molar-refractivity contribution in [1.82, 2.24) is 4.98 Å². The number of nitrogens with zero attached hydrogens (tertiary/aromatic N) is 1. The minimum absolute atomic E-state index is 0.487. The molecule has 2 aromatic rings. The second-order valence-corrected chi connectivity index (χ2v) is 3.14. The number of pyridine rings is 1. The summed E-state index contributed by atoms with van der Waals surface area (Å²) in [6.45, 7) is 0. The van der Waals surface area contributed by atoms with E-state index in [9.17, 15) is 0 Å². The fourth-order valence-corrected chi connectivity index (χ4v) is 1.52. The minimum atomic E-state index is 0.487. The quantitative estimate of drug-likeness (QED) is 0.809. The van der Waals surface area contributed by atoms with Crippen molar-refractivity contribution in [2.24, 2.45) is 0 Å². The summed E-state index contributed by atoms with van der Waals surface area (Å²) in [4.78, 5) is 4.06. The molecule has 0 saturated heterocycles. The molecule has 1 heterocycles. The highest BCUT2D eigenvalue weighted by Gasteiger charge is 2.09. The van der Waals surface area contributed by atoms with Crippen LogP contribution in [0, 0.1) is 0 Å². The lowest BCUT2D eigenvalue weighted by atomic mass is 10.1. The van der Waals surface area contributed by atoms with Gasteiger partial charge in [-0.2, -0.15) is 0 Å². The van der Waals surface area contributed by atoms with Gasteiger partial charge >= 0.3 is 0 Å². The monoisotopic (exact) mass is 200 g/mol. The SMILES string of the molecule is COc1ccnc(N)c1-c1ccccc1. The molecule has 0 spiro atoms. The van der Waals surface area contributed by atoms with Gasteiger partial charge in [0.05, 0.1) is 12.7 Å². The van der Waals surface area contributed by atoms with E-state index in [2.05, 4.69) is 4.98 Å². The van der Waals surface area contributed by atoms with E-state index >= 15 is 0 Å². The number of aromatic nitrogens is 1. The molecule has 0 radical (unpaired) electrons. The molecule has 0 bridgehead atoms. The van der Waals surface area contributed by atoms with Gasteiger partial charge < -0.3 is 10.5 Å². The predicted molar refractivity (Wildman–Crippen MR) is 60.6 cm³/mol. The number of hydrogen-bond donors (Lipinski definition) is 1. The van der Waals surface area contributed by atoms with Crippen LogP contribution in [0.15, 0.2) is 42.6 Å². The third kappa shape index (κ3) is 1.76. The molecular weight excluding hydrogens is 188 g/mol. The lowest BCUT2D eigenvalue weighted by Gasteiger charge is -2.09. The van der Waals surface area contributed by atoms with Crippen LogP contribution < -0.4 is 10.5 Å². The molecule has 3 heteroatoms. The van der Waals surface area contributed by atoms with E-state index in [1.165, 1.54) is 0 Å². The van der Waals surface area contributed by atoms with Crippen molar-refractivity contribution in [2.45, 2.75) is 0 Å². The Labute approximate surface area is 88.5 Å². The van der Waals surface area contributed by atoms with Crippen LogP contribution in [0.4, 0.5) is 5.82 Å². The summed E-state index contributed by atoms with van der Waals surface area (Å²) < 4.78 is 5.26. The largest absolute Gasteiger partial charge is 0.496 e. The fraction of sp³-hybridized carbons (Fsp3) is 0.0833. The molecule has 76 valence electrons. The number of anilines is 1. The Morgan fingerprint density at radius 3 is 2.53 bits per heavy atom. The zero-order valence-corrected chi connectivity index (χ0v) is 8.47. The fourth-order valence-electron chi connectivity index (χ4n) is 1.52. The van der Waals surface area contributed by atoms with Crippen molar-refractivity contribution in [3.63, 3.8) is 0 Å². The number of nitrogens with two attached hydrogens (primary N) is 1. The smallest absolute Gasteiger partial charge is 0.134 e. The zero-order valence-electron chi connectivity index (χ0n) is 8.47. The molecule has 0 amide bonds. The first-order valence-corrected chi connectivity index (χ1v) is 4.67. The van der Waals surface area contributed by atoms with Crippen LogP contribution in [0.2, 0.25) is 0 Å². The minimum Gasteiger partial charge on any atom is -0.496 e. The van der Waals surface area contributed by atoms with Gasteiger partial charge in [0.15, 0.2) is 0 Å². The van der Waals surface area contributed by atoms with Crippen LogP contribution in [0.1, 0.15) is 0 Å². The van der Waals surface area contributed by atoms with Crippen molar-refractivity contribution >= 4 is 5.82 Å². The maximum Gasteiger partial charge on any atom is 0.134 e. The van der Waals surface area contributed by atoms with Gasteiger partial charge in [0.2, 0.25) is 0 Å². The van der Waals surface area contributed by atoms with Gasteiger partial charge in [-0.3, -0.25) is 0 Å². The number of rotatable bonds is 2. The molecule has 2 rings (SSSR count). The molecule has 0 unspecified atom stereocenters. The summed E-state index contributed by atoms with van der Waals surface area (Å²) in [5.41, 5.74) is 7.70. The van der Waals surface area contributed by atoms with Gasteiger partial charge in [-0.1, -0.05) is 30.3 Å². The molecule has 3 nitrogen and oxygen atoms in total. The van der Waals surface area contributed by atoms with Crippen LogP contribution in [0.5, 0.6) is 5.75 Å². The van der Waals surface area contributed by atoms with Crippen molar-refractivity contribution in [3.05, 3.63) is 42.6 Å². The van der Waals surface area contributed by atoms with Crippen LogP contribution in [0.25, 0.3) is 11.1 Å². The first-order chi connectivity index (χ1) is 7.33. The van der Waals surface area contributed by atoms with Gasteiger partial charge in [-0.25, -0.2) is 4.98 Å². The molecule has 0 aliphatic carbocycles. The molecular formula is C12H12N2O. The number of methoxy groups -OCH3 is 1. The second kappa shape index (κ2) is 4.00. The predicted octanol–water partition coefficient (Wildman–Crippen LogP) is 2.34. The lowest BCUT2D eigenvalue weighted by Crippen LogP contribution is -1.96. The van der Waals surface area contributed by atoms with E-state index in [4.69, 9.17) is 10.5 Å². The molecule has 1 aromatic carbocycles. The number of nitrogen functional groups attached to an aromatic ring is 1. The highest BCUT2D eigenvalue weighted by atomic mass is 16.5. The third-order valence-electron chi connectivity index (χ3n) is 2.22. The van der Waals surface area contributed by atoms with Crippen molar-refractivity contribution < 1.29 is 4.74 Å². The molecule has 0 fully saturated rings. The zero-order chi connectivity index (χ0) is 10.7. The van der Waals surface area contributed by atoms with E-state index < -0.39 is 0 Å². The standard InChI is InChI=1S/C12H12N2O/c1-15-10-7-8-14-12(13)11(10)9-5-3-2-4-6-9/h2-8H,1H3,(H2,13,14). The number of ether oxygens (including phenoxy) is 1. The highest BCUT2D eigenvalue weighted by Crippen LogP contribution is 2.33. The van der Waals surface area contributed by atoms with Gasteiger partial charge in [0, 0.05) is 6.20 Å². The van der Waals surface area contributed by atoms with Crippen LogP contribution in [0.3, 0.4) is 0 Å². The Morgan fingerprint density at radius 1 is 1.13 bits per heavy atom. The van der Waals surface area contributed by atoms with Gasteiger partial charge in [0.25, 0.3) is 0 Å². The van der Waals surface area contributed by atoms with Gasteiger partial charge in [-0.05, 0) is 11.6 Å². The average molecular weight is 200 g/mol. The summed E-state index contributed by atoms with van der Waals surface area (Å²) in [5.74, 6) is 1.23. The maximum absolute atomic E-state index is 5.84. The van der Waals surface area contributed by atoms with E-state index in [0.29, 0.717) is 5.82 Å². The summed E-state index contributed by atoms with van der Waals surface area (Å²) in [6.07, 6.45) is 1.64. The highest BCUT2D eigenvalue weighted by molar-refractivity contribution is 5.79. The molecule has 0 aliphatic rings. The van der Waals surface area contributed by atoms with Crippen molar-refractivity contribution in [3.8, 4) is 16.9 Å². The normalized spacial score (nSPS) is 9.93. The lowest BCUT2D eigenvalue weighted by molar-refractivity contribution is 0.416. The third-order valence-corrected chi connectivity index (χ3v) is 2.22. The van der Waals surface area contributed by atoms with Gasteiger partial charge in [0.1, 0.15) is 11.6 Å². The van der Waals surface area contributed by atoms with E-state index in [0.717, 1.165) is 16.9 Å². The molecule has 0 atom stereocenters. The molecule has 1 aromatic heterocycles. The van der Waals surface area contributed by atoms with Gasteiger partial charge in [-0.15, -0.1) is 0 Å². The average Bonchev–Trinajstić information content (AvgIpc) is 2.29. The first-order valence-electron chi connectivity index (χ1n) is 4.67. The van der Waals surface area contributed by atoms with Crippen LogP contribution in [-0.4, -0.2) is 12.1 Å². The number of hydrogen-bond acceptors (Lipinski definition) is 3. The number of benzene rings is 1. The molecule has 2 N–H and O–H groups in total. The maximum atomic E-state index is 5.84. The Hall–Kier alpha value is -2.03.